The molecule has 0 aliphatic rings. The first-order valence-electron chi connectivity index (χ1n) is 6.18. The highest BCUT2D eigenvalue weighted by Gasteiger charge is 2.32. The fourth-order valence-corrected chi connectivity index (χ4v) is 2.00. The van der Waals surface area contributed by atoms with Gasteiger partial charge in [0.1, 0.15) is 0 Å². The predicted molar refractivity (Wildman–Crippen MR) is 72.8 cm³/mol. The Hall–Kier alpha value is -2.37. The summed E-state index contributed by atoms with van der Waals surface area (Å²) in [5.74, 6) is -0.377. The first kappa shape index (κ1) is 15.0. The molecule has 1 heterocycles. The number of carbonyl (C=O) groups excluding carboxylic acids is 1. The van der Waals surface area contributed by atoms with E-state index >= 15 is 0 Å². The number of alkyl halides is 3. The molecule has 0 atom stereocenters. The lowest BCUT2D eigenvalue weighted by molar-refractivity contribution is -0.137. The second-order valence-corrected chi connectivity index (χ2v) is 4.58. The maximum Gasteiger partial charge on any atom is 0.416 e. The number of rotatable bonds is 3. The molecular weight excluding hydrogens is 281 g/mol. The third kappa shape index (κ3) is 3.39. The van der Waals surface area contributed by atoms with Gasteiger partial charge in [-0.3, -0.25) is 9.48 Å². The van der Waals surface area contributed by atoms with E-state index in [2.05, 4.69) is 5.10 Å². The maximum atomic E-state index is 12.8. The van der Waals surface area contributed by atoms with Crippen LogP contribution in [0.4, 0.5) is 13.2 Å². The van der Waals surface area contributed by atoms with Crippen LogP contribution in [0.2, 0.25) is 0 Å². The SMILES string of the molecule is Cc1nn(C)cc1C(=O)C=Cc1ccccc1C(F)(F)F. The summed E-state index contributed by atoms with van der Waals surface area (Å²) in [5.41, 5.74) is 0.103. The molecule has 0 spiro atoms. The normalized spacial score (nSPS) is 12.0. The van der Waals surface area contributed by atoms with Crippen molar-refractivity contribution in [2.75, 3.05) is 0 Å². The van der Waals surface area contributed by atoms with Crippen LogP contribution in [0, 0.1) is 6.92 Å². The van der Waals surface area contributed by atoms with E-state index in [1.54, 1.807) is 14.0 Å². The monoisotopic (exact) mass is 294 g/mol. The molecule has 0 N–H and O–H groups in total. The minimum atomic E-state index is -4.45. The maximum absolute atomic E-state index is 12.8. The molecule has 0 aliphatic heterocycles. The Kier molecular flexibility index (Phi) is 3.97. The molecule has 0 amide bonds. The van der Waals surface area contributed by atoms with Crippen LogP contribution in [0.15, 0.2) is 36.5 Å². The number of carbonyl (C=O) groups is 1. The van der Waals surface area contributed by atoms with Crippen LogP contribution >= 0.6 is 0 Å². The molecule has 1 aromatic carbocycles. The van der Waals surface area contributed by atoms with Crippen LogP contribution in [0.3, 0.4) is 0 Å². The third-order valence-electron chi connectivity index (χ3n) is 2.96. The van der Waals surface area contributed by atoms with Gasteiger partial charge in [-0.15, -0.1) is 0 Å². The van der Waals surface area contributed by atoms with Crippen molar-refractivity contribution in [3.05, 3.63) is 58.9 Å². The highest BCUT2D eigenvalue weighted by Crippen LogP contribution is 2.32. The van der Waals surface area contributed by atoms with Gasteiger partial charge in [0, 0.05) is 13.2 Å². The topological polar surface area (TPSA) is 34.9 Å². The minimum absolute atomic E-state index is 0.0418. The third-order valence-corrected chi connectivity index (χ3v) is 2.96. The molecular formula is C15H13F3N2O. The molecule has 21 heavy (non-hydrogen) atoms. The molecule has 6 heteroatoms. The second-order valence-electron chi connectivity index (χ2n) is 4.58. The van der Waals surface area contributed by atoms with Crippen LogP contribution in [0.1, 0.15) is 27.2 Å². The second kappa shape index (κ2) is 5.55. The van der Waals surface area contributed by atoms with Crippen molar-refractivity contribution >= 4 is 11.9 Å². The minimum Gasteiger partial charge on any atom is -0.289 e. The first-order valence-corrected chi connectivity index (χ1v) is 6.18. The molecule has 3 nitrogen and oxygen atoms in total. The van der Waals surface area contributed by atoms with Crippen molar-refractivity contribution in [1.29, 1.82) is 0 Å². The number of benzene rings is 1. The van der Waals surface area contributed by atoms with Gasteiger partial charge in [0.05, 0.1) is 16.8 Å². The lowest BCUT2D eigenvalue weighted by Crippen LogP contribution is -2.07. The Bertz CT molecular complexity index is 699. The van der Waals surface area contributed by atoms with Crippen molar-refractivity contribution in [3.8, 4) is 0 Å². The Labute approximate surface area is 119 Å². The summed E-state index contributed by atoms with van der Waals surface area (Å²) in [6.07, 6.45) is -0.599. The summed E-state index contributed by atoms with van der Waals surface area (Å²) in [6.45, 7) is 1.67. The summed E-state index contributed by atoms with van der Waals surface area (Å²) < 4.78 is 40.0. The average Bonchev–Trinajstić information content (AvgIpc) is 2.74. The molecule has 0 saturated carbocycles. The fraction of sp³-hybridized carbons (Fsp3) is 0.200. The Morgan fingerprint density at radius 2 is 1.95 bits per heavy atom. The first-order chi connectivity index (χ1) is 9.79. The van der Waals surface area contributed by atoms with Gasteiger partial charge in [-0.2, -0.15) is 18.3 Å². The van der Waals surface area contributed by atoms with Gasteiger partial charge in [0.25, 0.3) is 0 Å². The van der Waals surface area contributed by atoms with E-state index < -0.39 is 11.7 Å². The van der Waals surface area contributed by atoms with Gasteiger partial charge in [0.15, 0.2) is 5.78 Å². The summed E-state index contributed by atoms with van der Waals surface area (Å²) in [5, 5.41) is 4.03. The molecule has 0 unspecified atom stereocenters. The smallest absolute Gasteiger partial charge is 0.289 e. The van der Waals surface area contributed by atoms with E-state index in [4.69, 9.17) is 0 Å². The summed E-state index contributed by atoms with van der Waals surface area (Å²) in [4.78, 5) is 12.0. The lowest BCUT2D eigenvalue weighted by atomic mass is 10.1. The number of aryl methyl sites for hydroxylation is 2. The van der Waals surface area contributed by atoms with Crippen molar-refractivity contribution in [2.24, 2.45) is 7.05 Å². The van der Waals surface area contributed by atoms with Gasteiger partial charge in [0.2, 0.25) is 0 Å². The van der Waals surface area contributed by atoms with Crippen molar-refractivity contribution < 1.29 is 18.0 Å². The highest BCUT2D eigenvalue weighted by atomic mass is 19.4. The number of hydrogen-bond donors (Lipinski definition) is 0. The van der Waals surface area contributed by atoms with Gasteiger partial charge >= 0.3 is 6.18 Å². The Morgan fingerprint density at radius 3 is 2.52 bits per heavy atom. The van der Waals surface area contributed by atoms with Crippen LogP contribution in [-0.4, -0.2) is 15.6 Å². The predicted octanol–water partition coefficient (Wildman–Crippen LogP) is 3.64. The molecule has 2 aromatic rings. The molecule has 2 rings (SSSR count). The van der Waals surface area contributed by atoms with E-state index in [0.717, 1.165) is 12.1 Å². The van der Waals surface area contributed by atoms with Crippen LogP contribution in [-0.2, 0) is 13.2 Å². The Morgan fingerprint density at radius 1 is 1.29 bits per heavy atom. The Balaban J connectivity index is 2.30. The summed E-state index contributed by atoms with van der Waals surface area (Å²) in [6, 6.07) is 5.12. The number of halogens is 3. The number of aromatic nitrogens is 2. The van der Waals surface area contributed by atoms with E-state index in [-0.39, 0.29) is 11.3 Å². The standard InChI is InChI=1S/C15H13F3N2O/c1-10-12(9-20(2)19-10)14(21)8-7-11-5-3-4-6-13(11)15(16,17)18/h3-9H,1-2H3. The molecule has 1 aromatic heterocycles. The largest absolute Gasteiger partial charge is 0.416 e. The number of ketones is 1. The summed E-state index contributed by atoms with van der Waals surface area (Å²) in [7, 11) is 1.67. The number of nitrogens with zero attached hydrogens (tertiary/aromatic N) is 2. The van der Waals surface area contributed by atoms with Gasteiger partial charge < -0.3 is 0 Å². The average molecular weight is 294 g/mol. The zero-order valence-electron chi connectivity index (χ0n) is 11.5. The van der Waals surface area contributed by atoms with E-state index in [1.807, 2.05) is 0 Å². The van der Waals surface area contributed by atoms with Crippen LogP contribution in [0.5, 0.6) is 0 Å². The number of allylic oxidation sites excluding steroid dienone is 1. The van der Waals surface area contributed by atoms with Crippen molar-refractivity contribution in [1.82, 2.24) is 9.78 Å². The van der Waals surface area contributed by atoms with Gasteiger partial charge in [-0.05, 0) is 24.6 Å². The van der Waals surface area contributed by atoms with E-state index in [9.17, 15) is 18.0 Å². The molecule has 0 aliphatic carbocycles. The molecule has 0 bridgehead atoms. The highest BCUT2D eigenvalue weighted by molar-refractivity contribution is 6.07. The van der Waals surface area contributed by atoms with Crippen molar-refractivity contribution in [3.63, 3.8) is 0 Å². The van der Waals surface area contributed by atoms with Crippen LogP contribution < -0.4 is 0 Å². The zero-order chi connectivity index (χ0) is 15.6. The van der Waals surface area contributed by atoms with E-state index in [1.165, 1.54) is 35.2 Å². The fourth-order valence-electron chi connectivity index (χ4n) is 2.00. The molecule has 110 valence electrons. The lowest BCUT2D eigenvalue weighted by Gasteiger charge is -2.09. The molecule has 0 radical (unpaired) electrons. The molecule has 0 saturated heterocycles. The van der Waals surface area contributed by atoms with Crippen molar-refractivity contribution in [2.45, 2.75) is 13.1 Å². The number of hydrogen-bond acceptors (Lipinski definition) is 2. The quantitative estimate of drug-likeness (QED) is 0.640. The van der Waals surface area contributed by atoms with E-state index in [0.29, 0.717) is 11.3 Å². The van der Waals surface area contributed by atoms with Gasteiger partial charge in [-0.1, -0.05) is 24.3 Å². The summed E-state index contributed by atoms with van der Waals surface area (Å²) >= 11 is 0. The molecule has 0 fully saturated rings. The van der Waals surface area contributed by atoms with Crippen LogP contribution in [0.25, 0.3) is 6.08 Å². The zero-order valence-corrected chi connectivity index (χ0v) is 11.5. The van der Waals surface area contributed by atoms with Gasteiger partial charge in [-0.25, -0.2) is 0 Å².